The Kier molecular flexibility index (Phi) is 3.99. The molecule has 80 valence electrons. The van der Waals surface area contributed by atoms with Gasteiger partial charge in [-0.2, -0.15) is 5.10 Å². The van der Waals surface area contributed by atoms with E-state index in [4.69, 9.17) is 11.6 Å². The predicted molar refractivity (Wildman–Crippen MR) is 61.0 cm³/mol. The molecule has 2 nitrogen and oxygen atoms in total. The molecule has 0 radical (unpaired) electrons. The zero-order valence-electron chi connectivity index (χ0n) is 9.47. The van der Waals surface area contributed by atoms with Gasteiger partial charge in [-0.05, 0) is 19.3 Å². The third kappa shape index (κ3) is 2.30. The number of nitrogens with zero attached hydrogens (tertiary/aromatic N) is 2. The summed E-state index contributed by atoms with van der Waals surface area (Å²) in [4.78, 5) is 0. The van der Waals surface area contributed by atoms with Crippen LogP contribution in [0.25, 0.3) is 0 Å². The highest BCUT2D eigenvalue weighted by Crippen LogP contribution is 2.27. The molecular weight excluding hydrogens is 196 g/mol. The third-order valence-electron chi connectivity index (χ3n) is 2.41. The van der Waals surface area contributed by atoms with Crippen molar-refractivity contribution in [2.24, 2.45) is 0 Å². The summed E-state index contributed by atoms with van der Waals surface area (Å²) in [6, 6.07) is 0. The summed E-state index contributed by atoms with van der Waals surface area (Å²) in [5, 5.41) is 5.28. The van der Waals surface area contributed by atoms with Gasteiger partial charge < -0.3 is 0 Å². The molecule has 0 aliphatic carbocycles. The number of aryl methyl sites for hydroxylation is 2. The number of halogens is 1. The Morgan fingerprint density at radius 2 is 2.07 bits per heavy atom. The van der Waals surface area contributed by atoms with Gasteiger partial charge in [0.05, 0.1) is 5.69 Å². The van der Waals surface area contributed by atoms with Gasteiger partial charge in [0, 0.05) is 12.1 Å². The van der Waals surface area contributed by atoms with Gasteiger partial charge in [-0.1, -0.05) is 38.8 Å². The molecule has 1 aromatic heterocycles. The van der Waals surface area contributed by atoms with E-state index in [0.717, 1.165) is 23.8 Å². The molecule has 14 heavy (non-hydrogen) atoms. The SMILES string of the molecule is CCCCn1nc(C)c(C(C)C)c1Cl. The molecule has 0 aliphatic heterocycles. The Morgan fingerprint density at radius 1 is 1.43 bits per heavy atom. The van der Waals surface area contributed by atoms with Crippen molar-refractivity contribution in [3.8, 4) is 0 Å². The molecule has 0 unspecified atom stereocenters. The van der Waals surface area contributed by atoms with E-state index in [1.54, 1.807) is 0 Å². The number of hydrogen-bond donors (Lipinski definition) is 0. The lowest BCUT2D eigenvalue weighted by Gasteiger charge is -2.04. The Bertz CT molecular complexity index is 302. The van der Waals surface area contributed by atoms with E-state index in [-0.39, 0.29) is 0 Å². The largest absolute Gasteiger partial charge is 0.253 e. The van der Waals surface area contributed by atoms with Crippen LogP contribution in [0.15, 0.2) is 0 Å². The van der Waals surface area contributed by atoms with Gasteiger partial charge in [0.1, 0.15) is 5.15 Å². The second-order valence-corrected chi connectivity index (χ2v) is 4.38. The van der Waals surface area contributed by atoms with Crippen LogP contribution in [0, 0.1) is 6.92 Å². The monoisotopic (exact) mass is 214 g/mol. The number of aromatic nitrogens is 2. The van der Waals surface area contributed by atoms with Gasteiger partial charge in [-0.15, -0.1) is 0 Å². The minimum atomic E-state index is 0.456. The molecule has 0 saturated heterocycles. The van der Waals surface area contributed by atoms with Crippen molar-refractivity contribution in [1.29, 1.82) is 0 Å². The maximum Gasteiger partial charge on any atom is 0.130 e. The van der Waals surface area contributed by atoms with Crippen molar-refractivity contribution in [1.82, 2.24) is 9.78 Å². The molecule has 1 aromatic rings. The Labute approximate surface area is 91.3 Å². The Hall–Kier alpha value is -0.500. The van der Waals surface area contributed by atoms with E-state index >= 15 is 0 Å². The van der Waals surface area contributed by atoms with E-state index in [1.165, 1.54) is 12.0 Å². The molecule has 0 aliphatic rings. The van der Waals surface area contributed by atoms with Crippen LogP contribution >= 0.6 is 11.6 Å². The van der Waals surface area contributed by atoms with Gasteiger partial charge in [-0.25, -0.2) is 0 Å². The van der Waals surface area contributed by atoms with Crippen LogP contribution in [0.4, 0.5) is 0 Å². The number of unbranched alkanes of at least 4 members (excludes halogenated alkanes) is 1. The molecule has 0 bridgehead atoms. The van der Waals surface area contributed by atoms with Crippen molar-refractivity contribution in [3.63, 3.8) is 0 Å². The molecule has 0 spiro atoms. The van der Waals surface area contributed by atoms with Gasteiger partial charge in [0.2, 0.25) is 0 Å². The fraction of sp³-hybridized carbons (Fsp3) is 0.727. The lowest BCUT2D eigenvalue weighted by molar-refractivity contribution is 0.568. The van der Waals surface area contributed by atoms with Crippen molar-refractivity contribution in [2.75, 3.05) is 0 Å². The summed E-state index contributed by atoms with van der Waals surface area (Å²) >= 11 is 6.26. The predicted octanol–water partition coefficient (Wildman–Crippen LogP) is 3.77. The van der Waals surface area contributed by atoms with Gasteiger partial charge in [0.25, 0.3) is 0 Å². The standard InChI is InChI=1S/C11H19ClN2/c1-5-6-7-14-11(12)10(8(2)3)9(4)13-14/h8H,5-7H2,1-4H3. The molecule has 0 amide bonds. The average molecular weight is 215 g/mol. The highest BCUT2D eigenvalue weighted by molar-refractivity contribution is 6.30. The normalized spacial score (nSPS) is 11.3. The first-order valence-electron chi connectivity index (χ1n) is 5.30. The summed E-state index contributed by atoms with van der Waals surface area (Å²) < 4.78 is 1.93. The molecule has 1 heterocycles. The van der Waals surface area contributed by atoms with E-state index in [1.807, 2.05) is 11.6 Å². The van der Waals surface area contributed by atoms with E-state index < -0.39 is 0 Å². The third-order valence-corrected chi connectivity index (χ3v) is 2.81. The Balaban J connectivity index is 2.92. The maximum absolute atomic E-state index is 6.26. The fourth-order valence-electron chi connectivity index (χ4n) is 1.68. The van der Waals surface area contributed by atoms with Crippen LogP contribution in [0.3, 0.4) is 0 Å². The molecule has 0 saturated carbocycles. The van der Waals surface area contributed by atoms with E-state index in [0.29, 0.717) is 5.92 Å². The summed E-state index contributed by atoms with van der Waals surface area (Å²) in [5.41, 5.74) is 2.27. The number of hydrogen-bond acceptors (Lipinski definition) is 1. The first-order chi connectivity index (χ1) is 6.57. The molecule has 0 atom stereocenters. The topological polar surface area (TPSA) is 17.8 Å². The van der Waals surface area contributed by atoms with Crippen LogP contribution in [-0.2, 0) is 6.54 Å². The van der Waals surface area contributed by atoms with Crippen molar-refractivity contribution >= 4 is 11.6 Å². The van der Waals surface area contributed by atoms with Crippen LogP contribution < -0.4 is 0 Å². The van der Waals surface area contributed by atoms with Gasteiger partial charge in [0.15, 0.2) is 0 Å². The first kappa shape index (κ1) is 11.6. The van der Waals surface area contributed by atoms with Crippen LogP contribution in [0.5, 0.6) is 0 Å². The molecule has 0 fully saturated rings. The minimum Gasteiger partial charge on any atom is -0.253 e. The quantitative estimate of drug-likeness (QED) is 0.746. The summed E-state index contributed by atoms with van der Waals surface area (Å²) in [6.45, 7) is 9.44. The van der Waals surface area contributed by atoms with E-state index in [9.17, 15) is 0 Å². The zero-order valence-corrected chi connectivity index (χ0v) is 10.2. The highest BCUT2D eigenvalue weighted by atomic mass is 35.5. The van der Waals surface area contributed by atoms with Crippen molar-refractivity contribution in [2.45, 2.75) is 53.0 Å². The Morgan fingerprint density at radius 3 is 2.50 bits per heavy atom. The van der Waals surface area contributed by atoms with Crippen LogP contribution in [-0.4, -0.2) is 9.78 Å². The van der Waals surface area contributed by atoms with Crippen LogP contribution in [0.2, 0.25) is 5.15 Å². The molecule has 1 rings (SSSR count). The zero-order chi connectivity index (χ0) is 10.7. The highest BCUT2D eigenvalue weighted by Gasteiger charge is 2.15. The minimum absolute atomic E-state index is 0.456. The van der Waals surface area contributed by atoms with Crippen molar-refractivity contribution in [3.05, 3.63) is 16.4 Å². The average Bonchev–Trinajstić information content (AvgIpc) is 2.38. The fourth-order valence-corrected chi connectivity index (χ4v) is 2.16. The summed E-state index contributed by atoms with van der Waals surface area (Å²) in [7, 11) is 0. The van der Waals surface area contributed by atoms with Crippen molar-refractivity contribution < 1.29 is 0 Å². The van der Waals surface area contributed by atoms with Crippen LogP contribution in [0.1, 0.15) is 50.8 Å². The second-order valence-electron chi connectivity index (χ2n) is 4.02. The molecular formula is C11H19ClN2. The lowest BCUT2D eigenvalue weighted by atomic mass is 10.1. The van der Waals surface area contributed by atoms with Gasteiger partial charge in [-0.3, -0.25) is 4.68 Å². The smallest absolute Gasteiger partial charge is 0.130 e. The maximum atomic E-state index is 6.26. The summed E-state index contributed by atoms with van der Waals surface area (Å²) in [5.74, 6) is 0.456. The van der Waals surface area contributed by atoms with Gasteiger partial charge >= 0.3 is 0 Å². The molecule has 0 N–H and O–H groups in total. The lowest BCUT2D eigenvalue weighted by Crippen LogP contribution is -2.00. The molecule has 3 heteroatoms. The van der Waals surface area contributed by atoms with E-state index in [2.05, 4.69) is 25.9 Å². The summed E-state index contributed by atoms with van der Waals surface area (Å²) in [6.07, 6.45) is 2.31. The first-order valence-corrected chi connectivity index (χ1v) is 5.68. The number of rotatable bonds is 4. The molecule has 0 aromatic carbocycles. The second kappa shape index (κ2) is 4.83.